The number of nitrogens with zero attached hydrogens (tertiary/aromatic N) is 1. The second kappa shape index (κ2) is 6.04. The molecule has 0 aromatic carbocycles. The predicted octanol–water partition coefficient (Wildman–Crippen LogP) is 4.15. The van der Waals surface area contributed by atoms with Gasteiger partial charge in [0.2, 0.25) is 0 Å². The van der Waals surface area contributed by atoms with Crippen LogP contribution in [-0.2, 0) is 22.2 Å². The molecule has 0 bridgehead atoms. The summed E-state index contributed by atoms with van der Waals surface area (Å²) < 4.78 is 38.1. The molecule has 26 heavy (non-hydrogen) atoms. The highest BCUT2D eigenvalue weighted by molar-refractivity contribution is 6.30. The monoisotopic (exact) mass is 359 g/mol. The van der Waals surface area contributed by atoms with Crippen molar-refractivity contribution in [1.29, 1.82) is 0 Å². The molecule has 4 rings (SSSR count). The van der Waals surface area contributed by atoms with E-state index in [4.69, 9.17) is 0 Å². The van der Waals surface area contributed by atoms with E-state index in [1.54, 1.807) is 6.08 Å². The number of ketones is 2. The van der Waals surface area contributed by atoms with Crippen LogP contribution in [0.2, 0.25) is 0 Å². The fraction of sp³-hybridized carbons (Fsp3) is 0.350. The van der Waals surface area contributed by atoms with Crippen LogP contribution < -0.4 is 0 Å². The topological polar surface area (TPSA) is 47.0 Å². The molecule has 3 aliphatic rings. The third-order valence-electron chi connectivity index (χ3n) is 4.98. The zero-order valence-electron chi connectivity index (χ0n) is 13.9. The molecule has 134 valence electrons. The summed E-state index contributed by atoms with van der Waals surface area (Å²) in [5, 5.41) is 0. The minimum Gasteiger partial charge on any atom is -0.289 e. The SMILES string of the molecule is O=C1C2=CCCC=C2C(=O)C(C2CC2)=C1Cc1ccc(C(F)(F)F)cn1. The molecule has 0 atom stereocenters. The van der Waals surface area contributed by atoms with Crippen LogP contribution in [0.15, 0.2) is 52.8 Å². The van der Waals surface area contributed by atoms with Crippen molar-refractivity contribution in [3.8, 4) is 0 Å². The minimum atomic E-state index is -4.45. The van der Waals surface area contributed by atoms with Crippen molar-refractivity contribution < 1.29 is 22.8 Å². The number of alkyl halides is 3. The Balaban J connectivity index is 1.72. The molecule has 6 heteroatoms. The van der Waals surface area contributed by atoms with Crippen LogP contribution in [0.25, 0.3) is 0 Å². The third-order valence-corrected chi connectivity index (χ3v) is 4.98. The first kappa shape index (κ1) is 16.9. The van der Waals surface area contributed by atoms with Gasteiger partial charge in [-0.2, -0.15) is 13.2 Å². The molecule has 0 amide bonds. The average Bonchev–Trinajstić information content (AvgIpc) is 3.44. The predicted molar refractivity (Wildman–Crippen MR) is 88.1 cm³/mol. The summed E-state index contributed by atoms with van der Waals surface area (Å²) in [5.74, 6) is -0.195. The van der Waals surface area contributed by atoms with Gasteiger partial charge in [0.1, 0.15) is 0 Å². The maximum atomic E-state index is 13.0. The average molecular weight is 359 g/mol. The second-order valence-corrected chi connectivity index (χ2v) is 6.85. The molecule has 0 N–H and O–H groups in total. The molecule has 1 fully saturated rings. The molecule has 1 saturated carbocycles. The summed E-state index contributed by atoms with van der Waals surface area (Å²) in [5.41, 5.74) is 1.40. The number of carbonyl (C=O) groups is 2. The van der Waals surface area contributed by atoms with Crippen LogP contribution in [0.3, 0.4) is 0 Å². The van der Waals surface area contributed by atoms with Crippen LogP contribution in [0.4, 0.5) is 13.2 Å². The van der Waals surface area contributed by atoms with Gasteiger partial charge in [-0.15, -0.1) is 0 Å². The molecule has 0 spiro atoms. The quantitative estimate of drug-likeness (QED) is 0.815. The number of fused-ring (bicyclic) bond motifs is 1. The second-order valence-electron chi connectivity index (χ2n) is 6.85. The number of carbonyl (C=O) groups excluding carboxylic acids is 2. The van der Waals surface area contributed by atoms with Gasteiger partial charge in [0.05, 0.1) is 5.56 Å². The van der Waals surface area contributed by atoms with Crippen LogP contribution in [0, 0.1) is 5.92 Å². The van der Waals surface area contributed by atoms with Crippen molar-refractivity contribution in [3.63, 3.8) is 0 Å². The molecular formula is C20H16F3NO2. The third kappa shape index (κ3) is 2.93. The first-order chi connectivity index (χ1) is 12.4. The molecule has 1 aromatic rings. The molecule has 3 nitrogen and oxygen atoms in total. The van der Waals surface area contributed by atoms with E-state index >= 15 is 0 Å². The Bertz CT molecular complexity index is 885. The highest BCUT2D eigenvalue weighted by Crippen LogP contribution is 2.45. The molecule has 0 unspecified atom stereocenters. The Labute approximate surface area is 148 Å². The number of hydrogen-bond acceptors (Lipinski definition) is 3. The number of Topliss-reactive ketones (excluding diaryl/α,β-unsaturated/α-hetero) is 2. The maximum Gasteiger partial charge on any atom is 0.417 e. The Hall–Kier alpha value is -2.50. The van der Waals surface area contributed by atoms with E-state index in [2.05, 4.69) is 4.98 Å². The van der Waals surface area contributed by atoms with Crippen molar-refractivity contribution in [2.24, 2.45) is 5.92 Å². The van der Waals surface area contributed by atoms with Gasteiger partial charge in [-0.25, -0.2) is 0 Å². The van der Waals surface area contributed by atoms with E-state index in [0.717, 1.165) is 31.5 Å². The molecule has 0 radical (unpaired) electrons. The number of halogens is 3. The number of aromatic nitrogens is 1. The lowest BCUT2D eigenvalue weighted by Gasteiger charge is -2.25. The molecule has 1 heterocycles. The summed E-state index contributed by atoms with van der Waals surface area (Å²) in [6, 6.07) is 2.23. The van der Waals surface area contributed by atoms with Gasteiger partial charge in [-0.05, 0) is 43.7 Å². The summed E-state index contributed by atoms with van der Waals surface area (Å²) in [7, 11) is 0. The Kier molecular flexibility index (Phi) is 3.93. The van der Waals surface area contributed by atoms with Crippen LogP contribution in [0.1, 0.15) is 36.9 Å². The number of allylic oxidation sites excluding steroid dienone is 6. The zero-order valence-corrected chi connectivity index (χ0v) is 13.9. The van der Waals surface area contributed by atoms with Crippen molar-refractivity contribution in [2.75, 3.05) is 0 Å². The standard InChI is InChI=1S/C20H16F3NO2/c21-20(22,23)12-7-8-13(24-10-12)9-16-17(11-5-6-11)19(26)15-4-2-1-3-14(15)18(16)25/h3-4,7-8,10-11H,1-2,5-6,9H2. The van der Waals surface area contributed by atoms with E-state index in [9.17, 15) is 22.8 Å². The molecule has 3 aliphatic carbocycles. The van der Waals surface area contributed by atoms with Gasteiger partial charge in [0.15, 0.2) is 11.6 Å². The van der Waals surface area contributed by atoms with Gasteiger partial charge in [0, 0.05) is 40.6 Å². The Morgan fingerprint density at radius 3 is 2.19 bits per heavy atom. The summed E-state index contributed by atoms with van der Waals surface area (Å²) in [6.45, 7) is 0. The van der Waals surface area contributed by atoms with Gasteiger partial charge >= 0.3 is 6.18 Å². The highest BCUT2D eigenvalue weighted by atomic mass is 19.4. The maximum absolute atomic E-state index is 13.0. The van der Waals surface area contributed by atoms with Crippen LogP contribution in [-0.4, -0.2) is 16.6 Å². The Morgan fingerprint density at radius 1 is 1.00 bits per heavy atom. The lowest BCUT2D eigenvalue weighted by atomic mass is 9.76. The lowest BCUT2D eigenvalue weighted by Crippen LogP contribution is -2.28. The summed E-state index contributed by atoms with van der Waals surface area (Å²) in [6.07, 6.45) is 3.20. The lowest BCUT2D eigenvalue weighted by molar-refractivity contribution is -0.137. The number of hydrogen-bond donors (Lipinski definition) is 0. The molecule has 0 saturated heterocycles. The van der Waals surface area contributed by atoms with Crippen molar-refractivity contribution in [1.82, 2.24) is 4.98 Å². The fourth-order valence-corrected chi connectivity index (χ4v) is 3.53. The van der Waals surface area contributed by atoms with E-state index in [1.165, 1.54) is 6.07 Å². The summed E-state index contributed by atoms with van der Waals surface area (Å²) in [4.78, 5) is 29.7. The number of rotatable bonds is 3. The first-order valence-electron chi connectivity index (χ1n) is 8.61. The van der Waals surface area contributed by atoms with E-state index in [0.29, 0.717) is 34.4 Å². The van der Waals surface area contributed by atoms with Gasteiger partial charge < -0.3 is 0 Å². The van der Waals surface area contributed by atoms with Gasteiger partial charge in [0.25, 0.3) is 0 Å². The van der Waals surface area contributed by atoms with Crippen LogP contribution >= 0.6 is 0 Å². The smallest absolute Gasteiger partial charge is 0.289 e. The largest absolute Gasteiger partial charge is 0.417 e. The van der Waals surface area contributed by atoms with Crippen molar-refractivity contribution in [2.45, 2.75) is 38.3 Å². The van der Waals surface area contributed by atoms with E-state index in [-0.39, 0.29) is 23.9 Å². The summed E-state index contributed by atoms with van der Waals surface area (Å²) >= 11 is 0. The van der Waals surface area contributed by atoms with Crippen molar-refractivity contribution in [3.05, 3.63) is 64.0 Å². The van der Waals surface area contributed by atoms with E-state index in [1.807, 2.05) is 6.08 Å². The molecular weight excluding hydrogens is 343 g/mol. The molecule has 0 aliphatic heterocycles. The highest BCUT2D eigenvalue weighted by Gasteiger charge is 2.42. The van der Waals surface area contributed by atoms with E-state index < -0.39 is 11.7 Å². The van der Waals surface area contributed by atoms with Gasteiger partial charge in [-0.3, -0.25) is 14.6 Å². The van der Waals surface area contributed by atoms with Crippen molar-refractivity contribution >= 4 is 11.6 Å². The fourth-order valence-electron chi connectivity index (χ4n) is 3.53. The van der Waals surface area contributed by atoms with Gasteiger partial charge in [-0.1, -0.05) is 12.2 Å². The molecule has 1 aromatic heterocycles. The minimum absolute atomic E-state index is 0.0825. The first-order valence-corrected chi connectivity index (χ1v) is 8.61. The zero-order chi connectivity index (χ0) is 18.5. The normalized spacial score (nSPS) is 20.7. The van der Waals surface area contributed by atoms with Crippen LogP contribution in [0.5, 0.6) is 0 Å². The number of pyridine rings is 1. The Morgan fingerprint density at radius 2 is 1.65 bits per heavy atom.